The van der Waals surface area contributed by atoms with E-state index in [1.165, 1.54) is 11.8 Å². The lowest BCUT2D eigenvalue weighted by Crippen LogP contribution is -2.15. The number of carbonyl (C=O) groups excluding carboxylic acids is 1. The largest absolute Gasteiger partial charge is 0.324 e. The summed E-state index contributed by atoms with van der Waals surface area (Å²) in [6.07, 6.45) is 1.76. The fraction of sp³-hybridized carbons (Fsp3) is 0.150. The van der Waals surface area contributed by atoms with E-state index in [1.54, 1.807) is 22.9 Å². The summed E-state index contributed by atoms with van der Waals surface area (Å²) in [5.41, 5.74) is 2.31. The van der Waals surface area contributed by atoms with Crippen molar-refractivity contribution < 1.29 is 4.79 Å². The highest BCUT2D eigenvalue weighted by Crippen LogP contribution is 2.22. The lowest BCUT2D eigenvalue weighted by atomic mass is 10.3. The van der Waals surface area contributed by atoms with Gasteiger partial charge in [-0.3, -0.25) is 4.79 Å². The Morgan fingerprint density at radius 1 is 1.13 bits per heavy atom. The highest BCUT2D eigenvalue weighted by Gasteiger charge is 2.16. The lowest BCUT2D eigenvalue weighted by molar-refractivity contribution is -0.113. The van der Waals surface area contributed by atoms with Crippen molar-refractivity contribution >= 4 is 46.0 Å². The minimum Gasteiger partial charge on any atom is -0.324 e. The molecule has 0 spiro atoms. The molecule has 1 amide bonds. The molecule has 0 saturated carbocycles. The third-order valence-corrected chi connectivity index (χ3v) is 5.59. The molecule has 0 bridgehead atoms. The average molecular weight is 440 g/mol. The van der Waals surface area contributed by atoms with E-state index in [0.29, 0.717) is 34.8 Å². The molecule has 0 aliphatic carbocycles. The molecule has 0 unspecified atom stereocenters. The van der Waals surface area contributed by atoms with Crippen LogP contribution in [0.3, 0.4) is 0 Å². The third kappa shape index (κ3) is 4.37. The lowest BCUT2D eigenvalue weighted by Gasteiger charge is -2.09. The molecule has 2 aromatic heterocycles. The predicted molar refractivity (Wildman–Crippen MR) is 118 cm³/mol. The number of thioether (sulfide) groups is 1. The van der Waals surface area contributed by atoms with Crippen molar-refractivity contribution in [3.8, 4) is 0 Å². The molecular weight excluding hydrogens is 422 g/mol. The van der Waals surface area contributed by atoms with Gasteiger partial charge in [-0.1, -0.05) is 58.9 Å². The number of amides is 1. The van der Waals surface area contributed by atoms with Crippen LogP contribution in [-0.4, -0.2) is 41.4 Å². The topological polar surface area (TPSA) is 90.5 Å². The predicted octanol–water partition coefficient (Wildman–Crippen LogP) is 3.64. The van der Waals surface area contributed by atoms with Gasteiger partial charge in [0.1, 0.15) is 12.1 Å². The molecule has 1 N–H and O–H groups in total. The number of halogens is 1. The van der Waals surface area contributed by atoms with Crippen LogP contribution in [0.5, 0.6) is 0 Å². The number of aromatic nitrogens is 6. The number of hydrogen-bond acceptors (Lipinski definition) is 6. The SMILES string of the molecule is C=CCn1c(Cn2nnc3ccccc32)nnc1SCC(=O)Nc1ccccc1Cl. The van der Waals surface area contributed by atoms with Crippen molar-refractivity contribution in [2.24, 2.45) is 0 Å². The van der Waals surface area contributed by atoms with Crippen LogP contribution in [0, 0.1) is 0 Å². The van der Waals surface area contributed by atoms with E-state index in [0.717, 1.165) is 11.0 Å². The summed E-state index contributed by atoms with van der Waals surface area (Å²) < 4.78 is 3.69. The van der Waals surface area contributed by atoms with Gasteiger partial charge >= 0.3 is 0 Å². The molecule has 0 aliphatic rings. The fourth-order valence-electron chi connectivity index (χ4n) is 2.90. The Labute approximate surface area is 181 Å². The fourth-order valence-corrected chi connectivity index (χ4v) is 3.85. The summed E-state index contributed by atoms with van der Waals surface area (Å²) in [6, 6.07) is 14.8. The van der Waals surface area contributed by atoms with E-state index in [9.17, 15) is 4.79 Å². The van der Waals surface area contributed by atoms with E-state index < -0.39 is 0 Å². The second-order valence-corrected chi connectivity index (χ2v) is 7.70. The summed E-state index contributed by atoms with van der Waals surface area (Å²) in [7, 11) is 0. The average Bonchev–Trinajstić information content (AvgIpc) is 3.33. The molecule has 4 aromatic rings. The first kappa shape index (κ1) is 20.1. The Morgan fingerprint density at radius 2 is 1.93 bits per heavy atom. The highest BCUT2D eigenvalue weighted by molar-refractivity contribution is 7.99. The molecule has 0 saturated heterocycles. The number of hydrogen-bond donors (Lipinski definition) is 1. The van der Waals surface area contributed by atoms with Crippen molar-refractivity contribution in [3.05, 3.63) is 72.0 Å². The van der Waals surface area contributed by atoms with Gasteiger partial charge in [-0.2, -0.15) is 0 Å². The van der Waals surface area contributed by atoms with Crippen LogP contribution in [0.4, 0.5) is 5.69 Å². The molecule has 30 heavy (non-hydrogen) atoms. The number of para-hydroxylation sites is 2. The second kappa shape index (κ2) is 9.10. The van der Waals surface area contributed by atoms with Crippen molar-refractivity contribution in [1.82, 2.24) is 29.8 Å². The molecule has 0 aliphatic heterocycles. The van der Waals surface area contributed by atoms with Gasteiger partial charge in [0.15, 0.2) is 11.0 Å². The quantitative estimate of drug-likeness (QED) is 0.333. The molecule has 2 aromatic carbocycles. The first-order chi connectivity index (χ1) is 14.7. The molecule has 4 rings (SSSR count). The van der Waals surface area contributed by atoms with Gasteiger partial charge in [0.25, 0.3) is 0 Å². The number of carbonyl (C=O) groups is 1. The number of allylic oxidation sites excluding steroid dienone is 1. The zero-order valence-corrected chi connectivity index (χ0v) is 17.5. The standard InChI is InChI=1S/C20H18ClN7OS/c1-2-11-27-18(12-28-17-10-6-5-9-16(17)23-26-28)24-25-20(27)30-13-19(29)22-15-8-4-3-7-14(15)21/h2-10H,1,11-13H2,(H,22,29). The van der Waals surface area contributed by atoms with Gasteiger partial charge in [-0.25, -0.2) is 4.68 Å². The minimum absolute atomic E-state index is 0.173. The van der Waals surface area contributed by atoms with Gasteiger partial charge in [0, 0.05) is 6.54 Å². The summed E-state index contributed by atoms with van der Waals surface area (Å²) in [6.45, 7) is 4.74. The summed E-state index contributed by atoms with van der Waals surface area (Å²) in [4.78, 5) is 12.3. The zero-order valence-electron chi connectivity index (χ0n) is 15.9. The van der Waals surface area contributed by atoms with Crippen LogP contribution in [0.1, 0.15) is 5.82 Å². The Balaban J connectivity index is 1.47. The normalized spacial score (nSPS) is 11.0. The number of nitrogens with one attached hydrogen (secondary N) is 1. The third-order valence-electron chi connectivity index (χ3n) is 4.30. The second-order valence-electron chi connectivity index (χ2n) is 6.35. The molecular formula is C20H18ClN7OS. The van der Waals surface area contributed by atoms with Crippen LogP contribution >= 0.6 is 23.4 Å². The maximum absolute atomic E-state index is 12.3. The van der Waals surface area contributed by atoms with Crippen LogP contribution in [0.2, 0.25) is 5.02 Å². The Hall–Kier alpha value is -3.17. The molecule has 0 atom stereocenters. The van der Waals surface area contributed by atoms with Gasteiger partial charge in [-0.15, -0.1) is 21.9 Å². The van der Waals surface area contributed by atoms with E-state index in [2.05, 4.69) is 32.4 Å². The van der Waals surface area contributed by atoms with Gasteiger partial charge < -0.3 is 9.88 Å². The minimum atomic E-state index is -0.176. The van der Waals surface area contributed by atoms with Crippen molar-refractivity contribution in [2.45, 2.75) is 18.2 Å². The van der Waals surface area contributed by atoms with Gasteiger partial charge in [-0.05, 0) is 24.3 Å². The summed E-state index contributed by atoms with van der Waals surface area (Å²) in [5.74, 6) is 0.705. The summed E-state index contributed by atoms with van der Waals surface area (Å²) in [5, 5.41) is 20.9. The molecule has 10 heteroatoms. The first-order valence-corrected chi connectivity index (χ1v) is 10.5. The van der Waals surface area contributed by atoms with E-state index >= 15 is 0 Å². The maximum Gasteiger partial charge on any atom is 0.234 e. The van der Waals surface area contributed by atoms with Crippen molar-refractivity contribution in [1.29, 1.82) is 0 Å². The first-order valence-electron chi connectivity index (χ1n) is 9.14. The smallest absolute Gasteiger partial charge is 0.234 e. The van der Waals surface area contributed by atoms with Crippen LogP contribution in [0.25, 0.3) is 11.0 Å². The van der Waals surface area contributed by atoms with Gasteiger partial charge in [0.2, 0.25) is 5.91 Å². The molecule has 0 fully saturated rings. The summed E-state index contributed by atoms with van der Waals surface area (Å²) >= 11 is 7.39. The van der Waals surface area contributed by atoms with Crippen LogP contribution < -0.4 is 5.32 Å². The van der Waals surface area contributed by atoms with E-state index in [1.807, 2.05) is 41.0 Å². The number of anilines is 1. The van der Waals surface area contributed by atoms with Crippen molar-refractivity contribution in [2.75, 3.05) is 11.1 Å². The number of rotatable bonds is 8. The molecule has 0 radical (unpaired) electrons. The Bertz CT molecular complexity index is 1200. The number of benzene rings is 2. The molecule has 152 valence electrons. The van der Waals surface area contributed by atoms with E-state index in [4.69, 9.17) is 11.6 Å². The zero-order chi connectivity index (χ0) is 20.9. The van der Waals surface area contributed by atoms with E-state index in [-0.39, 0.29) is 11.7 Å². The molecule has 2 heterocycles. The Kier molecular flexibility index (Phi) is 6.10. The van der Waals surface area contributed by atoms with Crippen LogP contribution in [-0.2, 0) is 17.9 Å². The molecule has 8 nitrogen and oxygen atoms in total. The number of fused-ring (bicyclic) bond motifs is 1. The Morgan fingerprint density at radius 3 is 2.77 bits per heavy atom. The maximum atomic E-state index is 12.3. The highest BCUT2D eigenvalue weighted by atomic mass is 35.5. The van der Waals surface area contributed by atoms with Gasteiger partial charge in [0.05, 0.1) is 22.0 Å². The monoisotopic (exact) mass is 439 g/mol. The van der Waals surface area contributed by atoms with Crippen LogP contribution in [0.15, 0.2) is 66.3 Å². The van der Waals surface area contributed by atoms with Crippen molar-refractivity contribution in [3.63, 3.8) is 0 Å². The number of nitrogens with zero attached hydrogens (tertiary/aromatic N) is 6.